The van der Waals surface area contributed by atoms with E-state index in [0.29, 0.717) is 0 Å². The second-order valence-corrected chi connectivity index (χ2v) is 3.96. The molecule has 0 aliphatic rings. The molecule has 0 fully saturated rings. The number of hydrogen-bond donors (Lipinski definition) is 3. The van der Waals surface area contributed by atoms with Crippen LogP contribution in [-0.2, 0) is 19.2 Å². The van der Waals surface area contributed by atoms with Crippen LogP contribution in [0, 0.1) is 0 Å². The zero-order chi connectivity index (χ0) is 14.8. The molecule has 0 aromatic carbocycles. The molecule has 0 unspecified atom stereocenters. The van der Waals surface area contributed by atoms with Crippen molar-refractivity contribution in [3.05, 3.63) is 0 Å². The van der Waals surface area contributed by atoms with E-state index in [0.717, 1.165) is 0 Å². The molecule has 0 radical (unpaired) electrons. The van der Waals surface area contributed by atoms with Crippen molar-refractivity contribution in [2.24, 2.45) is 0 Å². The van der Waals surface area contributed by atoms with Crippen LogP contribution in [0.4, 0.5) is 0 Å². The van der Waals surface area contributed by atoms with Crippen molar-refractivity contribution in [3.8, 4) is 0 Å². The number of carbonyl (C=O) groups is 4. The molecule has 1 atom stereocenters. The molecular formula is C11H17N2O6-. The molecule has 0 saturated carbocycles. The van der Waals surface area contributed by atoms with Crippen LogP contribution in [0.3, 0.4) is 0 Å². The average Bonchev–Trinajstić information content (AvgIpc) is 2.26. The van der Waals surface area contributed by atoms with E-state index in [1.54, 1.807) is 0 Å². The first-order valence-electron chi connectivity index (χ1n) is 5.79. The minimum atomic E-state index is -1.45. The monoisotopic (exact) mass is 273 g/mol. The van der Waals surface area contributed by atoms with Gasteiger partial charge in [0.05, 0.1) is 12.0 Å². The van der Waals surface area contributed by atoms with Gasteiger partial charge in [-0.05, 0) is 12.8 Å². The number of aliphatic carboxylic acids is 2. The maximum absolute atomic E-state index is 11.4. The van der Waals surface area contributed by atoms with Gasteiger partial charge in [0.2, 0.25) is 11.8 Å². The molecule has 3 N–H and O–H groups in total. The molecule has 0 aliphatic carbocycles. The average molecular weight is 273 g/mol. The lowest BCUT2D eigenvalue weighted by Gasteiger charge is -2.19. The largest absolute Gasteiger partial charge is 0.548 e. The first-order chi connectivity index (χ1) is 8.82. The highest BCUT2D eigenvalue weighted by atomic mass is 16.4. The van der Waals surface area contributed by atoms with Crippen LogP contribution in [0.25, 0.3) is 0 Å². The van der Waals surface area contributed by atoms with Gasteiger partial charge in [-0.2, -0.15) is 0 Å². The lowest BCUT2D eigenvalue weighted by atomic mass is 10.1. The third-order valence-electron chi connectivity index (χ3n) is 2.22. The molecule has 8 heteroatoms. The lowest BCUT2D eigenvalue weighted by molar-refractivity contribution is -0.308. The van der Waals surface area contributed by atoms with Crippen molar-refractivity contribution in [1.82, 2.24) is 10.6 Å². The minimum absolute atomic E-state index is 0.00653. The second kappa shape index (κ2) is 8.90. The van der Waals surface area contributed by atoms with Crippen LogP contribution in [0.5, 0.6) is 0 Å². The Morgan fingerprint density at radius 3 is 2.32 bits per heavy atom. The van der Waals surface area contributed by atoms with Crippen molar-refractivity contribution in [2.45, 2.75) is 38.6 Å². The van der Waals surface area contributed by atoms with Gasteiger partial charge in [-0.25, -0.2) is 0 Å². The van der Waals surface area contributed by atoms with Gasteiger partial charge in [0, 0.05) is 26.3 Å². The number of amides is 2. The van der Waals surface area contributed by atoms with Gasteiger partial charge < -0.3 is 25.6 Å². The Kier molecular flexibility index (Phi) is 7.90. The Bertz CT molecular complexity index is 355. The predicted molar refractivity (Wildman–Crippen MR) is 61.7 cm³/mol. The fraction of sp³-hybridized carbons (Fsp3) is 0.636. The third kappa shape index (κ3) is 9.57. The van der Waals surface area contributed by atoms with Gasteiger partial charge >= 0.3 is 5.97 Å². The van der Waals surface area contributed by atoms with Crippen LogP contribution < -0.4 is 15.7 Å². The molecule has 0 aromatic rings. The van der Waals surface area contributed by atoms with Gasteiger partial charge in [-0.3, -0.25) is 14.4 Å². The highest BCUT2D eigenvalue weighted by Crippen LogP contribution is 1.97. The van der Waals surface area contributed by atoms with Gasteiger partial charge in [0.15, 0.2) is 0 Å². The number of nitrogens with one attached hydrogen (secondary N) is 2. The Labute approximate surface area is 110 Å². The number of rotatable bonds is 9. The molecule has 0 aliphatic heterocycles. The Hall–Kier alpha value is -2.12. The number of carboxylic acids is 2. The Balaban J connectivity index is 4.04. The lowest BCUT2D eigenvalue weighted by Crippen LogP contribution is -2.49. The Morgan fingerprint density at radius 2 is 1.84 bits per heavy atom. The van der Waals surface area contributed by atoms with Crippen LogP contribution >= 0.6 is 0 Å². The zero-order valence-electron chi connectivity index (χ0n) is 10.6. The first kappa shape index (κ1) is 16.9. The van der Waals surface area contributed by atoms with Crippen molar-refractivity contribution < 1.29 is 29.4 Å². The summed E-state index contributed by atoms with van der Waals surface area (Å²) in [5, 5.41) is 23.8. The van der Waals surface area contributed by atoms with Gasteiger partial charge in [0.25, 0.3) is 0 Å². The van der Waals surface area contributed by atoms with Crippen molar-refractivity contribution in [1.29, 1.82) is 0 Å². The van der Waals surface area contributed by atoms with E-state index in [-0.39, 0.29) is 38.1 Å². The first-order valence-corrected chi connectivity index (χ1v) is 5.79. The fourth-order valence-electron chi connectivity index (χ4n) is 1.31. The van der Waals surface area contributed by atoms with Crippen molar-refractivity contribution in [2.75, 3.05) is 6.54 Å². The minimum Gasteiger partial charge on any atom is -0.548 e. The molecule has 19 heavy (non-hydrogen) atoms. The number of carbonyl (C=O) groups excluding carboxylic acids is 3. The van der Waals surface area contributed by atoms with Gasteiger partial charge in [-0.15, -0.1) is 0 Å². The van der Waals surface area contributed by atoms with Crippen molar-refractivity contribution in [3.63, 3.8) is 0 Å². The summed E-state index contributed by atoms with van der Waals surface area (Å²) in [6.45, 7) is 1.39. The predicted octanol–water partition coefficient (Wildman–Crippen LogP) is -2.00. The quantitative estimate of drug-likeness (QED) is 0.444. The van der Waals surface area contributed by atoms with E-state index in [2.05, 4.69) is 10.6 Å². The zero-order valence-corrected chi connectivity index (χ0v) is 10.6. The summed E-state index contributed by atoms with van der Waals surface area (Å²) in [6, 6.07) is -1.20. The maximum Gasteiger partial charge on any atom is 0.303 e. The summed E-state index contributed by atoms with van der Waals surface area (Å²) in [4.78, 5) is 43.0. The molecule has 0 rings (SSSR count). The van der Waals surface area contributed by atoms with E-state index in [1.165, 1.54) is 6.92 Å². The van der Waals surface area contributed by atoms with Crippen LogP contribution in [-0.4, -0.2) is 41.4 Å². The molecular weight excluding hydrogens is 256 g/mol. The number of hydrogen-bond acceptors (Lipinski definition) is 5. The third-order valence-corrected chi connectivity index (χ3v) is 2.22. The van der Waals surface area contributed by atoms with Crippen LogP contribution in [0.1, 0.15) is 32.6 Å². The van der Waals surface area contributed by atoms with Crippen LogP contribution in [0.2, 0.25) is 0 Å². The summed E-state index contributed by atoms with van der Waals surface area (Å²) < 4.78 is 0. The Morgan fingerprint density at radius 1 is 1.21 bits per heavy atom. The molecule has 8 nitrogen and oxygen atoms in total. The van der Waals surface area contributed by atoms with Crippen molar-refractivity contribution >= 4 is 23.8 Å². The SMILES string of the molecule is CC(=O)NCC[C@@H](NC(=O)CCCC(=O)O)C(=O)[O-]. The molecule has 0 bridgehead atoms. The molecule has 108 valence electrons. The van der Waals surface area contributed by atoms with E-state index >= 15 is 0 Å². The topological polar surface area (TPSA) is 136 Å². The van der Waals surface area contributed by atoms with Gasteiger partial charge in [-0.1, -0.05) is 0 Å². The summed E-state index contributed by atoms with van der Waals surface area (Å²) in [7, 11) is 0. The summed E-state index contributed by atoms with van der Waals surface area (Å²) in [5.41, 5.74) is 0. The number of carboxylic acid groups (broad SMARTS) is 2. The van der Waals surface area contributed by atoms with Gasteiger partial charge in [0.1, 0.15) is 0 Å². The highest BCUT2D eigenvalue weighted by Gasteiger charge is 2.13. The molecule has 0 aromatic heterocycles. The van der Waals surface area contributed by atoms with E-state index < -0.39 is 23.9 Å². The molecule has 0 spiro atoms. The highest BCUT2D eigenvalue weighted by molar-refractivity contribution is 5.83. The summed E-state index contributed by atoms with van der Waals surface area (Å²) in [5.74, 6) is -3.32. The smallest absolute Gasteiger partial charge is 0.303 e. The van der Waals surface area contributed by atoms with E-state index in [1.807, 2.05) is 0 Å². The van der Waals surface area contributed by atoms with E-state index in [4.69, 9.17) is 5.11 Å². The summed E-state index contributed by atoms with van der Waals surface area (Å²) >= 11 is 0. The summed E-state index contributed by atoms with van der Waals surface area (Å²) in [6.07, 6.45) is -0.0925. The normalized spacial score (nSPS) is 11.4. The second-order valence-electron chi connectivity index (χ2n) is 3.96. The van der Waals surface area contributed by atoms with E-state index in [9.17, 15) is 24.3 Å². The maximum atomic E-state index is 11.4. The molecule has 0 saturated heterocycles. The fourth-order valence-corrected chi connectivity index (χ4v) is 1.31. The van der Waals surface area contributed by atoms with Crippen LogP contribution in [0.15, 0.2) is 0 Å². The molecule has 0 heterocycles. The standard InChI is InChI=1S/C11H18N2O6/c1-7(14)12-6-5-8(11(18)19)13-9(15)3-2-4-10(16)17/h8H,2-6H2,1H3,(H,12,14)(H,13,15)(H,16,17)(H,18,19)/p-1/t8-/m1/s1. The molecule has 2 amide bonds.